The highest BCUT2D eigenvalue weighted by Gasteiger charge is 2.34. The van der Waals surface area contributed by atoms with Crippen LogP contribution in [0.3, 0.4) is 0 Å². The lowest BCUT2D eigenvalue weighted by molar-refractivity contribution is -0.274. The number of ether oxygens (including phenoxy) is 1. The van der Waals surface area contributed by atoms with Crippen molar-refractivity contribution in [3.05, 3.63) is 29.3 Å². The van der Waals surface area contributed by atoms with Gasteiger partial charge in [0.25, 0.3) is 0 Å². The largest absolute Gasteiger partial charge is 0.573 e. The minimum absolute atomic E-state index is 0.00187. The van der Waals surface area contributed by atoms with Crippen LogP contribution in [-0.2, 0) is 11.2 Å². The van der Waals surface area contributed by atoms with Gasteiger partial charge in [-0.3, -0.25) is 10.1 Å². The maximum absolute atomic E-state index is 12.2. The van der Waals surface area contributed by atoms with Crippen LogP contribution in [0.25, 0.3) is 0 Å². The Labute approximate surface area is 113 Å². The molecule has 0 aliphatic carbocycles. The number of benzene rings is 1. The lowest BCUT2D eigenvalue weighted by atomic mass is 9.89. The third-order valence-corrected chi connectivity index (χ3v) is 3.27. The predicted octanol–water partition coefficient (Wildman–Crippen LogP) is 2.64. The van der Waals surface area contributed by atoms with Crippen LogP contribution < -0.4 is 10.1 Å². The summed E-state index contributed by atoms with van der Waals surface area (Å²) in [6.07, 6.45) is -3.47. The van der Waals surface area contributed by atoms with Crippen LogP contribution in [0.15, 0.2) is 18.2 Å². The molecular formula is C13H14F3NO3. The van der Waals surface area contributed by atoms with E-state index < -0.39 is 24.1 Å². The molecule has 2 rings (SSSR count). The topological polar surface area (TPSA) is 58.6 Å². The molecule has 0 saturated carbocycles. The van der Waals surface area contributed by atoms with Gasteiger partial charge in [-0.05, 0) is 36.1 Å². The molecule has 7 heteroatoms. The molecule has 0 saturated heterocycles. The number of nitrogens with one attached hydrogen (secondary N) is 1. The summed E-state index contributed by atoms with van der Waals surface area (Å²) in [7, 11) is 0. The summed E-state index contributed by atoms with van der Waals surface area (Å²) in [5, 5.41) is 12.1. The zero-order valence-corrected chi connectivity index (χ0v) is 10.7. The zero-order valence-electron chi connectivity index (χ0n) is 10.7. The average molecular weight is 289 g/mol. The molecule has 0 spiro atoms. The highest BCUT2D eigenvalue weighted by molar-refractivity contribution is 5.77. The highest BCUT2D eigenvalue weighted by atomic mass is 19.4. The quantitative estimate of drug-likeness (QED) is 0.898. The van der Waals surface area contributed by atoms with E-state index in [9.17, 15) is 23.1 Å². The summed E-state index contributed by atoms with van der Waals surface area (Å²) < 4.78 is 40.4. The van der Waals surface area contributed by atoms with Gasteiger partial charge < -0.3 is 9.84 Å². The second-order valence-corrected chi connectivity index (χ2v) is 4.66. The number of aliphatic carboxylic acids is 1. The van der Waals surface area contributed by atoms with E-state index in [1.165, 1.54) is 12.1 Å². The first kappa shape index (κ1) is 14.6. The van der Waals surface area contributed by atoms with Gasteiger partial charge in [-0.2, -0.15) is 0 Å². The molecule has 20 heavy (non-hydrogen) atoms. The minimum atomic E-state index is -4.79. The van der Waals surface area contributed by atoms with Crippen LogP contribution in [0, 0.1) is 0 Å². The second-order valence-electron chi connectivity index (χ2n) is 4.66. The van der Waals surface area contributed by atoms with Gasteiger partial charge in [0, 0.05) is 6.04 Å². The maximum Gasteiger partial charge on any atom is 0.573 e. The standard InChI is InChI=1S/C13H14F3NO3/c1-2-8-5-7-3-4-9(20-13(14,15)16)6-10(7)11(17-8)12(18)19/h3-4,6,8,11,17H,2,5H2,1H3,(H,18,19). The normalized spacial score (nSPS) is 22.2. The number of carboxylic acid groups (broad SMARTS) is 1. The van der Waals surface area contributed by atoms with Crippen molar-refractivity contribution in [1.82, 2.24) is 5.32 Å². The molecule has 0 fully saturated rings. The summed E-state index contributed by atoms with van der Waals surface area (Å²) in [4.78, 5) is 11.2. The molecule has 1 heterocycles. The number of alkyl halides is 3. The molecule has 110 valence electrons. The van der Waals surface area contributed by atoms with E-state index in [1.54, 1.807) is 0 Å². The van der Waals surface area contributed by atoms with E-state index in [-0.39, 0.29) is 6.04 Å². The Morgan fingerprint density at radius 3 is 2.75 bits per heavy atom. The van der Waals surface area contributed by atoms with Gasteiger partial charge in [-0.25, -0.2) is 0 Å². The van der Waals surface area contributed by atoms with Gasteiger partial charge in [0.1, 0.15) is 11.8 Å². The Kier molecular flexibility index (Phi) is 3.89. The summed E-state index contributed by atoms with van der Waals surface area (Å²) in [6, 6.07) is 2.83. The smallest absolute Gasteiger partial charge is 0.480 e. The maximum atomic E-state index is 12.2. The summed E-state index contributed by atoms with van der Waals surface area (Å²) in [6.45, 7) is 1.92. The Bertz CT molecular complexity index is 516. The van der Waals surface area contributed by atoms with Crippen molar-refractivity contribution in [2.24, 2.45) is 0 Å². The van der Waals surface area contributed by atoms with Gasteiger partial charge in [0.2, 0.25) is 0 Å². The molecule has 2 N–H and O–H groups in total. The number of carboxylic acids is 1. The minimum Gasteiger partial charge on any atom is -0.480 e. The van der Waals surface area contributed by atoms with E-state index in [2.05, 4.69) is 10.1 Å². The molecule has 1 aliphatic rings. The zero-order chi connectivity index (χ0) is 14.9. The van der Waals surface area contributed by atoms with Crippen molar-refractivity contribution in [3.63, 3.8) is 0 Å². The molecule has 2 unspecified atom stereocenters. The van der Waals surface area contributed by atoms with E-state index in [0.717, 1.165) is 18.1 Å². The second kappa shape index (κ2) is 5.32. The van der Waals surface area contributed by atoms with E-state index in [1.807, 2.05) is 6.92 Å². The number of halogens is 3. The summed E-state index contributed by atoms with van der Waals surface area (Å²) in [5.74, 6) is -1.52. The molecule has 1 aromatic rings. The van der Waals surface area contributed by atoms with Crippen LogP contribution >= 0.6 is 0 Å². The third-order valence-electron chi connectivity index (χ3n) is 3.27. The summed E-state index contributed by atoms with van der Waals surface area (Å²) in [5.41, 5.74) is 1.06. The number of hydrogen-bond acceptors (Lipinski definition) is 3. The van der Waals surface area contributed by atoms with Crippen molar-refractivity contribution in [3.8, 4) is 5.75 Å². The fourth-order valence-corrected chi connectivity index (χ4v) is 2.34. The first-order valence-electron chi connectivity index (χ1n) is 6.17. The number of rotatable bonds is 3. The Morgan fingerprint density at radius 1 is 1.50 bits per heavy atom. The molecule has 0 radical (unpaired) electrons. The average Bonchev–Trinajstić information content (AvgIpc) is 2.35. The lowest BCUT2D eigenvalue weighted by Crippen LogP contribution is -2.42. The fraction of sp³-hybridized carbons (Fsp3) is 0.462. The van der Waals surface area contributed by atoms with Gasteiger partial charge in [0.15, 0.2) is 0 Å². The van der Waals surface area contributed by atoms with Crippen LogP contribution in [0.1, 0.15) is 30.5 Å². The summed E-state index contributed by atoms with van der Waals surface area (Å²) >= 11 is 0. The van der Waals surface area contributed by atoms with Crippen molar-refractivity contribution >= 4 is 5.97 Å². The van der Waals surface area contributed by atoms with Crippen LogP contribution in [0.4, 0.5) is 13.2 Å². The molecule has 1 aliphatic heterocycles. The Balaban J connectivity index is 2.35. The van der Waals surface area contributed by atoms with Gasteiger partial charge >= 0.3 is 12.3 Å². The number of hydrogen-bond donors (Lipinski definition) is 2. The first-order valence-corrected chi connectivity index (χ1v) is 6.17. The van der Waals surface area contributed by atoms with Gasteiger partial charge in [-0.15, -0.1) is 13.2 Å². The highest BCUT2D eigenvalue weighted by Crippen LogP contribution is 2.32. The van der Waals surface area contributed by atoms with E-state index in [4.69, 9.17) is 0 Å². The molecule has 0 amide bonds. The van der Waals surface area contributed by atoms with Crippen LogP contribution in [-0.4, -0.2) is 23.5 Å². The van der Waals surface area contributed by atoms with Gasteiger partial charge in [0.05, 0.1) is 0 Å². The molecule has 1 aromatic carbocycles. The molecular weight excluding hydrogens is 275 g/mol. The van der Waals surface area contributed by atoms with E-state index in [0.29, 0.717) is 12.0 Å². The third kappa shape index (κ3) is 3.22. The van der Waals surface area contributed by atoms with Gasteiger partial charge in [-0.1, -0.05) is 13.0 Å². The SMILES string of the molecule is CCC1Cc2ccc(OC(F)(F)F)cc2C(C(=O)O)N1. The molecule has 2 atom stereocenters. The molecule has 4 nitrogen and oxygen atoms in total. The predicted molar refractivity (Wildman–Crippen MR) is 64.4 cm³/mol. The van der Waals surface area contributed by atoms with Crippen molar-refractivity contribution in [2.45, 2.75) is 38.2 Å². The lowest BCUT2D eigenvalue weighted by Gasteiger charge is -2.30. The van der Waals surface area contributed by atoms with Crippen molar-refractivity contribution < 1.29 is 27.8 Å². The number of fused-ring (bicyclic) bond motifs is 1. The number of carbonyl (C=O) groups is 1. The van der Waals surface area contributed by atoms with Crippen molar-refractivity contribution in [2.75, 3.05) is 0 Å². The van der Waals surface area contributed by atoms with Crippen LogP contribution in [0.2, 0.25) is 0 Å². The fourth-order valence-electron chi connectivity index (χ4n) is 2.34. The Morgan fingerprint density at radius 2 is 2.20 bits per heavy atom. The first-order chi connectivity index (χ1) is 9.30. The molecule has 0 bridgehead atoms. The van der Waals surface area contributed by atoms with Crippen molar-refractivity contribution in [1.29, 1.82) is 0 Å². The van der Waals surface area contributed by atoms with E-state index >= 15 is 0 Å². The monoisotopic (exact) mass is 289 g/mol. The van der Waals surface area contributed by atoms with Crippen LogP contribution in [0.5, 0.6) is 5.75 Å². The molecule has 0 aromatic heterocycles. The Hall–Kier alpha value is -1.76.